The van der Waals surface area contributed by atoms with Gasteiger partial charge in [0.15, 0.2) is 33.8 Å². The van der Waals surface area contributed by atoms with Crippen LogP contribution in [0.15, 0.2) is 29.4 Å². The molecule has 0 saturated carbocycles. The zero-order valence-corrected chi connectivity index (χ0v) is 19.8. The summed E-state index contributed by atoms with van der Waals surface area (Å²) in [5.74, 6) is 0.669. The molecule has 3 rings (SSSR count). The Hall–Kier alpha value is -2.46. The van der Waals surface area contributed by atoms with Crippen molar-refractivity contribution in [2.75, 3.05) is 11.1 Å². The van der Waals surface area contributed by atoms with Gasteiger partial charge in [0.2, 0.25) is 5.91 Å². The Morgan fingerprint density at radius 2 is 2.00 bits per heavy atom. The van der Waals surface area contributed by atoms with E-state index >= 15 is 0 Å². The molecule has 7 nitrogen and oxygen atoms in total. The predicted molar refractivity (Wildman–Crippen MR) is 121 cm³/mol. The first-order valence-electron chi connectivity index (χ1n) is 9.95. The highest BCUT2D eigenvalue weighted by Crippen LogP contribution is 2.27. The lowest BCUT2D eigenvalue weighted by Crippen LogP contribution is -2.17. The van der Waals surface area contributed by atoms with Gasteiger partial charge in [0, 0.05) is 11.4 Å². The van der Waals surface area contributed by atoms with Gasteiger partial charge in [-0.25, -0.2) is 9.37 Å². The van der Waals surface area contributed by atoms with Gasteiger partial charge in [-0.05, 0) is 38.8 Å². The molecule has 1 N–H and O–H groups in total. The van der Waals surface area contributed by atoms with Crippen molar-refractivity contribution in [3.63, 3.8) is 0 Å². The van der Waals surface area contributed by atoms with Crippen LogP contribution in [0.3, 0.4) is 0 Å². The fourth-order valence-electron chi connectivity index (χ4n) is 2.84. The molecule has 2 aromatic heterocycles. The molecule has 1 unspecified atom stereocenters. The number of nitrogens with one attached hydrogen (secondary N) is 1. The molecule has 0 aliphatic rings. The Kier molecular flexibility index (Phi) is 7.66. The van der Waals surface area contributed by atoms with Crippen LogP contribution in [0.25, 0.3) is 0 Å². The summed E-state index contributed by atoms with van der Waals surface area (Å²) < 4.78 is 21.7. The van der Waals surface area contributed by atoms with Crippen LogP contribution in [0.4, 0.5) is 9.52 Å². The molecule has 0 spiro atoms. The van der Waals surface area contributed by atoms with E-state index in [-0.39, 0.29) is 17.4 Å². The third-order valence-electron chi connectivity index (χ3n) is 4.40. The predicted octanol–water partition coefficient (Wildman–Crippen LogP) is 5.02. The molecule has 0 saturated heterocycles. The largest absolute Gasteiger partial charge is 0.480 e. The van der Waals surface area contributed by atoms with Crippen LogP contribution in [-0.2, 0) is 11.3 Å². The Morgan fingerprint density at radius 1 is 1.26 bits per heavy atom. The summed E-state index contributed by atoms with van der Waals surface area (Å²) in [5.41, 5.74) is 0.915. The molecule has 0 aliphatic heterocycles. The Bertz CT molecular complexity index is 1030. The first kappa shape index (κ1) is 23.2. The van der Waals surface area contributed by atoms with Crippen molar-refractivity contribution in [3.05, 3.63) is 46.5 Å². The van der Waals surface area contributed by atoms with Gasteiger partial charge in [-0.3, -0.25) is 4.79 Å². The lowest BCUT2D eigenvalue weighted by atomic mass is 10.2. The molecule has 1 aromatic carbocycles. The maximum absolute atomic E-state index is 14.0. The fraction of sp³-hybridized carbons (Fsp3) is 0.429. The van der Waals surface area contributed by atoms with Gasteiger partial charge in [0.25, 0.3) is 0 Å². The van der Waals surface area contributed by atoms with Gasteiger partial charge >= 0.3 is 0 Å². The molecular formula is C21H26FN5O2S2. The maximum atomic E-state index is 14.0. The average molecular weight is 464 g/mol. The number of benzene rings is 1. The number of nitrogens with zero attached hydrogens (tertiary/aromatic N) is 4. The second kappa shape index (κ2) is 10.2. The minimum absolute atomic E-state index is 0.157. The lowest BCUT2D eigenvalue weighted by molar-refractivity contribution is -0.113. The number of hydrogen-bond donors (Lipinski definition) is 1. The molecule has 0 radical (unpaired) electrons. The van der Waals surface area contributed by atoms with Gasteiger partial charge in [-0.1, -0.05) is 37.7 Å². The number of aryl methyl sites for hydroxylation is 2. The number of aromatic nitrogens is 4. The minimum Gasteiger partial charge on any atom is -0.480 e. The number of hydrogen-bond acceptors (Lipinski definition) is 7. The second-order valence-electron chi connectivity index (χ2n) is 7.53. The van der Waals surface area contributed by atoms with Crippen molar-refractivity contribution in [1.29, 1.82) is 0 Å². The van der Waals surface area contributed by atoms with Crippen LogP contribution >= 0.6 is 23.1 Å². The van der Waals surface area contributed by atoms with E-state index in [1.165, 1.54) is 29.2 Å². The summed E-state index contributed by atoms with van der Waals surface area (Å²) >= 11 is 2.75. The van der Waals surface area contributed by atoms with Crippen LogP contribution in [0.1, 0.15) is 43.3 Å². The van der Waals surface area contributed by atoms with E-state index in [2.05, 4.69) is 34.3 Å². The molecule has 3 aromatic rings. The molecular weight excluding hydrogens is 437 g/mol. The standard InChI is InChI=1S/C21H26FN5O2S2/c1-12(2)10-27-19(14(4)29-17-9-7-6-8-16(17)22)25-26-21(27)30-11-18(28)24-20-23-13(3)15(5)31-20/h6-9,12,14H,10-11H2,1-5H3,(H,23,24,28). The number of thioether (sulfide) groups is 1. The smallest absolute Gasteiger partial charge is 0.236 e. The zero-order chi connectivity index (χ0) is 22.5. The minimum atomic E-state index is -0.507. The van der Waals surface area contributed by atoms with Crippen molar-refractivity contribution in [3.8, 4) is 5.75 Å². The second-order valence-corrected chi connectivity index (χ2v) is 9.68. The van der Waals surface area contributed by atoms with Gasteiger partial charge in [0.1, 0.15) is 0 Å². The number of amides is 1. The van der Waals surface area contributed by atoms with Crippen molar-refractivity contribution < 1.29 is 13.9 Å². The molecule has 1 atom stereocenters. The number of carbonyl (C=O) groups is 1. The summed E-state index contributed by atoms with van der Waals surface area (Å²) in [6.07, 6.45) is -0.507. The normalized spacial score (nSPS) is 12.2. The van der Waals surface area contributed by atoms with E-state index in [0.717, 1.165) is 10.6 Å². The lowest BCUT2D eigenvalue weighted by Gasteiger charge is -2.18. The van der Waals surface area contributed by atoms with E-state index in [4.69, 9.17) is 4.74 Å². The van der Waals surface area contributed by atoms with Crippen molar-refractivity contribution in [1.82, 2.24) is 19.7 Å². The average Bonchev–Trinajstić information content (AvgIpc) is 3.24. The number of carbonyl (C=O) groups excluding carboxylic acids is 1. The van der Waals surface area contributed by atoms with Crippen molar-refractivity contribution in [2.45, 2.75) is 52.4 Å². The summed E-state index contributed by atoms with van der Waals surface area (Å²) in [7, 11) is 0. The van der Waals surface area contributed by atoms with Gasteiger partial charge in [-0.2, -0.15) is 0 Å². The first-order valence-corrected chi connectivity index (χ1v) is 11.8. The van der Waals surface area contributed by atoms with Gasteiger partial charge in [-0.15, -0.1) is 21.5 Å². The van der Waals surface area contributed by atoms with Gasteiger partial charge in [0.05, 0.1) is 11.4 Å². The van der Waals surface area contributed by atoms with E-state index < -0.39 is 11.9 Å². The number of halogens is 1. The quantitative estimate of drug-likeness (QED) is 0.449. The van der Waals surface area contributed by atoms with Crippen LogP contribution in [0, 0.1) is 25.6 Å². The Morgan fingerprint density at radius 3 is 2.65 bits per heavy atom. The van der Waals surface area contributed by atoms with E-state index in [1.807, 2.05) is 25.3 Å². The molecule has 0 aliphatic carbocycles. The highest BCUT2D eigenvalue weighted by atomic mass is 32.2. The number of rotatable bonds is 9. The number of anilines is 1. The molecule has 2 heterocycles. The van der Waals surface area contributed by atoms with Crippen molar-refractivity contribution in [2.24, 2.45) is 5.92 Å². The topological polar surface area (TPSA) is 81.9 Å². The van der Waals surface area contributed by atoms with Crippen LogP contribution < -0.4 is 10.1 Å². The molecule has 10 heteroatoms. The summed E-state index contributed by atoms with van der Waals surface area (Å²) in [4.78, 5) is 17.8. The third-order valence-corrected chi connectivity index (χ3v) is 6.36. The molecule has 166 valence electrons. The Labute approximate surface area is 189 Å². The van der Waals surface area contributed by atoms with E-state index in [9.17, 15) is 9.18 Å². The zero-order valence-electron chi connectivity index (χ0n) is 18.2. The fourth-order valence-corrected chi connectivity index (χ4v) is 4.43. The SMILES string of the molecule is Cc1nc(NC(=O)CSc2nnc(C(C)Oc3ccccc3F)n2CC(C)C)sc1C. The highest BCUT2D eigenvalue weighted by molar-refractivity contribution is 7.99. The van der Waals surface area contributed by atoms with Crippen LogP contribution in [-0.4, -0.2) is 31.4 Å². The molecule has 0 fully saturated rings. The number of thiazole rings is 1. The summed E-state index contributed by atoms with van der Waals surface area (Å²) in [6, 6.07) is 6.26. The molecule has 1 amide bonds. The number of ether oxygens (including phenoxy) is 1. The summed E-state index contributed by atoms with van der Waals surface area (Å²) in [6.45, 7) is 10.5. The van der Waals surface area contributed by atoms with Crippen molar-refractivity contribution >= 4 is 34.1 Å². The molecule has 0 bridgehead atoms. The monoisotopic (exact) mass is 463 g/mol. The van der Waals surface area contributed by atoms with Gasteiger partial charge < -0.3 is 14.6 Å². The maximum Gasteiger partial charge on any atom is 0.236 e. The van der Waals surface area contributed by atoms with Crippen LogP contribution in [0.2, 0.25) is 0 Å². The highest BCUT2D eigenvalue weighted by Gasteiger charge is 2.22. The van der Waals surface area contributed by atoms with E-state index in [0.29, 0.717) is 28.6 Å². The molecule has 31 heavy (non-hydrogen) atoms. The Balaban J connectivity index is 1.70. The van der Waals surface area contributed by atoms with E-state index in [1.54, 1.807) is 18.2 Å². The summed E-state index contributed by atoms with van der Waals surface area (Å²) in [5, 5.41) is 12.6. The number of para-hydroxylation sites is 1. The third kappa shape index (κ3) is 6.04. The first-order chi connectivity index (χ1) is 14.7. The van der Waals surface area contributed by atoms with Crippen LogP contribution in [0.5, 0.6) is 5.75 Å².